The van der Waals surface area contributed by atoms with E-state index in [2.05, 4.69) is 46.4 Å². The molecule has 0 aromatic heterocycles. The van der Waals surface area contributed by atoms with Crippen molar-refractivity contribution in [3.05, 3.63) is 63.1 Å². The predicted molar refractivity (Wildman–Crippen MR) is 92.3 cm³/mol. The van der Waals surface area contributed by atoms with E-state index in [9.17, 15) is 0 Å². The van der Waals surface area contributed by atoms with Crippen LogP contribution in [0.25, 0.3) is 0 Å². The normalized spacial score (nSPS) is 12.2. The molecule has 0 amide bonds. The van der Waals surface area contributed by atoms with Gasteiger partial charge >= 0.3 is 0 Å². The Morgan fingerprint density at radius 3 is 2.52 bits per heavy atom. The first kappa shape index (κ1) is 16.3. The molecule has 0 fully saturated rings. The largest absolute Gasteiger partial charge is 0.496 e. The second-order valence-corrected chi connectivity index (χ2v) is 6.17. The predicted octanol–water partition coefficient (Wildman–Crippen LogP) is 5.00. The molecule has 0 saturated carbocycles. The number of likely N-dealkylation sites (N-methyl/N-ethyl adjacent to an activating group) is 1. The quantitative estimate of drug-likeness (QED) is 0.774. The van der Waals surface area contributed by atoms with Crippen LogP contribution in [0.2, 0.25) is 5.02 Å². The summed E-state index contributed by atoms with van der Waals surface area (Å²) in [4.78, 5) is 0. The van der Waals surface area contributed by atoms with E-state index in [0.29, 0.717) is 0 Å². The van der Waals surface area contributed by atoms with Gasteiger partial charge in [0.25, 0.3) is 0 Å². The zero-order valence-corrected chi connectivity index (χ0v) is 14.5. The van der Waals surface area contributed by atoms with Crippen molar-refractivity contribution in [3.63, 3.8) is 0 Å². The Morgan fingerprint density at radius 2 is 1.90 bits per heavy atom. The summed E-state index contributed by atoms with van der Waals surface area (Å²) in [6, 6.07) is 14.3. The zero-order chi connectivity index (χ0) is 15.2. The maximum Gasteiger partial charge on any atom is 0.122 e. The molecule has 0 saturated heterocycles. The molecule has 1 atom stereocenters. The summed E-state index contributed by atoms with van der Waals surface area (Å²) >= 11 is 9.50. The first-order valence-electron chi connectivity index (χ1n) is 6.95. The number of benzene rings is 2. The Hall–Kier alpha value is -1.03. The van der Waals surface area contributed by atoms with Gasteiger partial charge in [0.2, 0.25) is 0 Å². The van der Waals surface area contributed by atoms with Crippen LogP contribution in [0.5, 0.6) is 5.75 Å². The summed E-state index contributed by atoms with van der Waals surface area (Å²) < 4.78 is 6.52. The van der Waals surface area contributed by atoms with Crippen LogP contribution in [0, 0.1) is 0 Å². The van der Waals surface area contributed by atoms with E-state index in [1.165, 1.54) is 11.1 Å². The van der Waals surface area contributed by atoms with Gasteiger partial charge in [-0.15, -0.1) is 0 Å². The number of halogens is 2. The van der Waals surface area contributed by atoms with Crippen molar-refractivity contribution in [2.24, 2.45) is 0 Å². The van der Waals surface area contributed by atoms with E-state index in [1.807, 2.05) is 24.3 Å². The molecule has 2 rings (SSSR count). The standard InChI is InChI=1S/C17H19BrClNO/c1-3-20-16(12-4-7-15(19)8-5-12)11-13-10-14(18)6-9-17(13)21-2/h4-10,16,20H,3,11H2,1-2H3. The van der Waals surface area contributed by atoms with Crippen LogP contribution in [0.4, 0.5) is 0 Å². The van der Waals surface area contributed by atoms with Crippen molar-refractivity contribution in [1.82, 2.24) is 5.32 Å². The van der Waals surface area contributed by atoms with Crippen LogP contribution in [0.3, 0.4) is 0 Å². The van der Waals surface area contributed by atoms with E-state index < -0.39 is 0 Å². The molecule has 0 aliphatic carbocycles. The highest BCUT2D eigenvalue weighted by Crippen LogP contribution is 2.28. The van der Waals surface area contributed by atoms with Gasteiger partial charge in [0, 0.05) is 15.5 Å². The molecule has 2 aromatic carbocycles. The van der Waals surface area contributed by atoms with Crippen LogP contribution in [0.1, 0.15) is 24.1 Å². The molecule has 0 aliphatic rings. The van der Waals surface area contributed by atoms with E-state index >= 15 is 0 Å². The monoisotopic (exact) mass is 367 g/mol. The molecule has 4 heteroatoms. The highest BCUT2D eigenvalue weighted by molar-refractivity contribution is 9.10. The molecule has 0 spiro atoms. The fourth-order valence-corrected chi connectivity index (χ4v) is 2.91. The lowest BCUT2D eigenvalue weighted by molar-refractivity contribution is 0.405. The van der Waals surface area contributed by atoms with Gasteiger partial charge in [0.05, 0.1) is 7.11 Å². The lowest BCUT2D eigenvalue weighted by Crippen LogP contribution is -2.23. The second kappa shape index (κ2) is 7.83. The van der Waals surface area contributed by atoms with Gasteiger partial charge in [-0.1, -0.05) is 46.6 Å². The molecule has 112 valence electrons. The Labute approximate surface area is 139 Å². The van der Waals surface area contributed by atoms with Crippen LogP contribution in [0.15, 0.2) is 46.9 Å². The summed E-state index contributed by atoms with van der Waals surface area (Å²) in [5.74, 6) is 0.912. The number of rotatable bonds is 6. The van der Waals surface area contributed by atoms with E-state index in [0.717, 1.165) is 28.2 Å². The molecule has 0 heterocycles. The molecule has 0 radical (unpaired) electrons. The molecule has 21 heavy (non-hydrogen) atoms. The minimum absolute atomic E-state index is 0.232. The third-order valence-electron chi connectivity index (χ3n) is 3.39. The summed E-state index contributed by atoms with van der Waals surface area (Å²) in [6.45, 7) is 3.02. The number of hydrogen-bond donors (Lipinski definition) is 1. The second-order valence-electron chi connectivity index (χ2n) is 4.82. The molecule has 2 aromatic rings. The molecule has 1 N–H and O–H groups in total. The number of nitrogens with one attached hydrogen (secondary N) is 1. The van der Waals surface area contributed by atoms with Crippen molar-refractivity contribution in [2.45, 2.75) is 19.4 Å². The summed E-state index contributed by atoms with van der Waals surface area (Å²) in [7, 11) is 1.71. The van der Waals surface area contributed by atoms with Gasteiger partial charge in [-0.05, 0) is 54.4 Å². The molecule has 0 aliphatic heterocycles. The fraction of sp³-hybridized carbons (Fsp3) is 0.294. The Bertz CT molecular complexity index is 586. The van der Waals surface area contributed by atoms with E-state index in [1.54, 1.807) is 7.11 Å². The maximum absolute atomic E-state index is 5.98. The Morgan fingerprint density at radius 1 is 1.19 bits per heavy atom. The maximum atomic E-state index is 5.98. The van der Waals surface area contributed by atoms with Gasteiger partial charge in [-0.3, -0.25) is 0 Å². The highest BCUT2D eigenvalue weighted by Gasteiger charge is 2.14. The van der Waals surface area contributed by atoms with Gasteiger partial charge in [0.1, 0.15) is 5.75 Å². The van der Waals surface area contributed by atoms with Crippen LogP contribution >= 0.6 is 27.5 Å². The number of ether oxygens (including phenoxy) is 1. The smallest absolute Gasteiger partial charge is 0.122 e. The Balaban J connectivity index is 2.27. The lowest BCUT2D eigenvalue weighted by atomic mass is 9.98. The van der Waals surface area contributed by atoms with Crippen LogP contribution in [-0.4, -0.2) is 13.7 Å². The molecule has 1 unspecified atom stereocenters. The summed E-state index contributed by atoms with van der Waals surface area (Å²) in [5, 5.41) is 4.28. The highest BCUT2D eigenvalue weighted by atomic mass is 79.9. The number of methoxy groups -OCH3 is 1. The minimum atomic E-state index is 0.232. The molecular formula is C17H19BrClNO. The van der Waals surface area contributed by atoms with Gasteiger partial charge in [0.15, 0.2) is 0 Å². The lowest BCUT2D eigenvalue weighted by Gasteiger charge is -2.20. The third kappa shape index (κ3) is 4.47. The summed E-state index contributed by atoms with van der Waals surface area (Å²) in [6.07, 6.45) is 0.859. The SMILES string of the molecule is CCNC(Cc1cc(Br)ccc1OC)c1ccc(Cl)cc1. The van der Waals surface area contributed by atoms with Crippen molar-refractivity contribution in [1.29, 1.82) is 0 Å². The third-order valence-corrected chi connectivity index (χ3v) is 4.13. The van der Waals surface area contributed by atoms with Crippen molar-refractivity contribution in [2.75, 3.05) is 13.7 Å². The first-order valence-corrected chi connectivity index (χ1v) is 8.12. The van der Waals surface area contributed by atoms with Crippen LogP contribution in [-0.2, 0) is 6.42 Å². The first-order chi connectivity index (χ1) is 10.1. The molecule has 2 nitrogen and oxygen atoms in total. The minimum Gasteiger partial charge on any atom is -0.496 e. The van der Waals surface area contributed by atoms with Crippen LogP contribution < -0.4 is 10.1 Å². The topological polar surface area (TPSA) is 21.3 Å². The van der Waals surface area contributed by atoms with E-state index in [4.69, 9.17) is 16.3 Å². The van der Waals surface area contributed by atoms with E-state index in [-0.39, 0.29) is 6.04 Å². The van der Waals surface area contributed by atoms with Crippen molar-refractivity contribution < 1.29 is 4.74 Å². The zero-order valence-electron chi connectivity index (χ0n) is 12.2. The van der Waals surface area contributed by atoms with Gasteiger partial charge in [-0.2, -0.15) is 0 Å². The number of hydrogen-bond acceptors (Lipinski definition) is 2. The average Bonchev–Trinajstić information content (AvgIpc) is 2.48. The fourth-order valence-electron chi connectivity index (χ4n) is 2.38. The van der Waals surface area contributed by atoms with Crippen molar-refractivity contribution in [3.8, 4) is 5.75 Å². The molecule has 0 bridgehead atoms. The average molecular weight is 369 g/mol. The summed E-state index contributed by atoms with van der Waals surface area (Å²) in [5.41, 5.74) is 2.40. The Kier molecular flexibility index (Phi) is 6.09. The molecular weight excluding hydrogens is 350 g/mol. The van der Waals surface area contributed by atoms with Gasteiger partial charge in [-0.25, -0.2) is 0 Å². The van der Waals surface area contributed by atoms with Crippen molar-refractivity contribution >= 4 is 27.5 Å². The van der Waals surface area contributed by atoms with Gasteiger partial charge < -0.3 is 10.1 Å².